The maximum absolute atomic E-state index is 12.3. The number of benzene rings is 1. The van der Waals surface area contributed by atoms with Gasteiger partial charge in [-0.2, -0.15) is 5.26 Å². The summed E-state index contributed by atoms with van der Waals surface area (Å²) in [7, 11) is 1.02. The van der Waals surface area contributed by atoms with E-state index in [-0.39, 0.29) is 3.57 Å². The second-order valence-corrected chi connectivity index (χ2v) is 4.11. The summed E-state index contributed by atoms with van der Waals surface area (Å²) >= 11 is 1.65. The van der Waals surface area contributed by atoms with Crippen LogP contribution in [-0.4, -0.2) is 19.4 Å². The highest BCUT2D eigenvalue weighted by Gasteiger charge is 2.35. The average Bonchev–Trinajstić information content (AvgIpc) is 2.27. The van der Waals surface area contributed by atoms with Crippen LogP contribution in [0.4, 0.5) is 13.2 Å². The van der Waals surface area contributed by atoms with Gasteiger partial charge in [0.15, 0.2) is 5.75 Å². The molecule has 0 aromatic heterocycles. The molecule has 0 saturated carbocycles. The quantitative estimate of drug-likeness (QED) is 0.593. The Labute approximate surface area is 113 Å². The van der Waals surface area contributed by atoms with Crippen LogP contribution in [0.3, 0.4) is 0 Å². The van der Waals surface area contributed by atoms with Gasteiger partial charge in [0.25, 0.3) is 0 Å². The molecular weight excluding hydrogens is 366 g/mol. The van der Waals surface area contributed by atoms with Crippen molar-refractivity contribution in [2.24, 2.45) is 0 Å². The maximum Gasteiger partial charge on any atom is 0.573 e. The Hall–Kier alpha value is -1.50. The molecule has 8 heteroatoms. The summed E-state index contributed by atoms with van der Waals surface area (Å²) in [6, 6.07) is 3.99. The van der Waals surface area contributed by atoms with Gasteiger partial charge >= 0.3 is 12.3 Å². The molecule has 0 saturated heterocycles. The van der Waals surface area contributed by atoms with Gasteiger partial charge in [0, 0.05) is 3.57 Å². The van der Waals surface area contributed by atoms with E-state index in [1.165, 1.54) is 12.1 Å². The lowest BCUT2D eigenvalue weighted by Gasteiger charge is -2.14. The molecule has 0 atom stereocenters. The molecule has 4 nitrogen and oxygen atoms in total. The highest BCUT2D eigenvalue weighted by molar-refractivity contribution is 14.1. The zero-order chi connectivity index (χ0) is 13.9. The largest absolute Gasteiger partial charge is 0.573 e. The molecule has 0 spiro atoms. The van der Waals surface area contributed by atoms with Crippen molar-refractivity contribution >= 4 is 28.6 Å². The fourth-order valence-corrected chi connectivity index (χ4v) is 1.81. The molecule has 0 heterocycles. The highest BCUT2D eigenvalue weighted by Crippen LogP contribution is 2.33. The van der Waals surface area contributed by atoms with Gasteiger partial charge in [0.1, 0.15) is 11.6 Å². The summed E-state index contributed by atoms with van der Waals surface area (Å²) in [5.41, 5.74) is -0.817. The predicted molar refractivity (Wildman–Crippen MR) is 61.9 cm³/mol. The Morgan fingerprint density at radius 2 is 2.06 bits per heavy atom. The third-order valence-corrected chi connectivity index (χ3v) is 2.73. The standard InChI is InChI=1S/C10H5F3INO3/c1-17-9(16)7-6(14)3-2-5(4-15)8(7)18-10(11,12)13/h2-3H,1H3. The van der Waals surface area contributed by atoms with E-state index in [0.717, 1.165) is 13.2 Å². The average molecular weight is 371 g/mol. The third kappa shape index (κ3) is 3.25. The molecule has 0 aliphatic heterocycles. The van der Waals surface area contributed by atoms with E-state index in [1.54, 1.807) is 22.6 Å². The third-order valence-electron chi connectivity index (χ3n) is 1.83. The first-order valence-corrected chi connectivity index (χ1v) is 5.44. The number of nitriles is 1. The van der Waals surface area contributed by atoms with Crippen LogP contribution >= 0.6 is 22.6 Å². The van der Waals surface area contributed by atoms with E-state index in [9.17, 15) is 18.0 Å². The number of ether oxygens (including phenoxy) is 2. The molecule has 1 rings (SSSR count). The van der Waals surface area contributed by atoms with E-state index < -0.39 is 29.2 Å². The molecular formula is C10H5F3INO3. The number of nitrogens with zero attached hydrogens (tertiary/aromatic N) is 1. The summed E-state index contributed by atoms with van der Waals surface area (Å²) < 4.78 is 45.0. The lowest BCUT2D eigenvalue weighted by molar-refractivity contribution is -0.274. The van der Waals surface area contributed by atoms with Gasteiger partial charge in [-0.1, -0.05) is 0 Å². The van der Waals surface area contributed by atoms with E-state index in [1.807, 2.05) is 0 Å². The number of alkyl halides is 3. The van der Waals surface area contributed by atoms with E-state index >= 15 is 0 Å². The summed E-state index contributed by atoms with van der Waals surface area (Å²) in [6.45, 7) is 0. The Kier molecular flexibility index (Phi) is 4.39. The number of hydrogen-bond donors (Lipinski definition) is 0. The molecule has 18 heavy (non-hydrogen) atoms. The number of halogens is 4. The molecule has 96 valence electrons. The van der Waals surface area contributed by atoms with Gasteiger partial charge in [0.2, 0.25) is 0 Å². The van der Waals surface area contributed by atoms with Gasteiger partial charge in [-0.15, -0.1) is 13.2 Å². The molecule has 0 unspecified atom stereocenters. The number of esters is 1. The molecule has 0 aliphatic rings. The highest BCUT2D eigenvalue weighted by atomic mass is 127. The zero-order valence-electron chi connectivity index (χ0n) is 8.84. The Balaban J connectivity index is 3.47. The Bertz CT molecular complexity index is 522. The zero-order valence-corrected chi connectivity index (χ0v) is 11.0. The van der Waals surface area contributed by atoms with Crippen LogP contribution in [0.5, 0.6) is 5.75 Å². The second-order valence-electron chi connectivity index (χ2n) is 2.95. The molecule has 1 aromatic carbocycles. The molecule has 0 N–H and O–H groups in total. The second kappa shape index (κ2) is 5.43. The topological polar surface area (TPSA) is 59.3 Å². The molecule has 0 amide bonds. The Morgan fingerprint density at radius 1 is 1.44 bits per heavy atom. The maximum atomic E-state index is 12.3. The SMILES string of the molecule is COC(=O)c1c(I)ccc(C#N)c1OC(F)(F)F. The van der Waals surface area contributed by atoms with Gasteiger partial charge in [-0.25, -0.2) is 4.79 Å². The summed E-state index contributed by atoms with van der Waals surface area (Å²) in [5, 5.41) is 8.73. The minimum absolute atomic E-state index is 0.192. The summed E-state index contributed by atoms with van der Waals surface area (Å²) in [6.07, 6.45) is -5.00. The molecule has 0 fully saturated rings. The fraction of sp³-hybridized carbons (Fsp3) is 0.200. The number of carbonyl (C=O) groups is 1. The van der Waals surface area contributed by atoms with Gasteiger partial charge in [0.05, 0.1) is 12.7 Å². The van der Waals surface area contributed by atoms with Gasteiger partial charge < -0.3 is 9.47 Å². The van der Waals surface area contributed by atoms with Crippen LogP contribution in [0.25, 0.3) is 0 Å². The first kappa shape index (κ1) is 14.6. The monoisotopic (exact) mass is 371 g/mol. The molecule has 0 radical (unpaired) electrons. The van der Waals surface area contributed by atoms with Crippen molar-refractivity contribution in [1.29, 1.82) is 5.26 Å². The fourth-order valence-electron chi connectivity index (χ4n) is 1.16. The van der Waals surface area contributed by atoms with E-state index in [4.69, 9.17) is 5.26 Å². The number of carbonyl (C=O) groups excluding carboxylic acids is 1. The normalized spacial score (nSPS) is 10.7. The molecule has 0 bridgehead atoms. The lowest BCUT2D eigenvalue weighted by atomic mass is 10.1. The van der Waals surface area contributed by atoms with Crippen LogP contribution < -0.4 is 4.74 Å². The first-order valence-electron chi connectivity index (χ1n) is 4.36. The minimum atomic E-state index is -5.00. The van der Waals surface area contributed by atoms with Crippen LogP contribution in [0.15, 0.2) is 12.1 Å². The van der Waals surface area contributed by atoms with Crippen LogP contribution in [0, 0.1) is 14.9 Å². The van der Waals surface area contributed by atoms with Crippen molar-refractivity contribution in [3.8, 4) is 11.8 Å². The van der Waals surface area contributed by atoms with E-state index in [2.05, 4.69) is 9.47 Å². The van der Waals surface area contributed by atoms with E-state index in [0.29, 0.717) is 0 Å². The summed E-state index contributed by atoms with van der Waals surface area (Å²) in [4.78, 5) is 11.4. The molecule has 0 aliphatic carbocycles. The summed E-state index contributed by atoms with van der Waals surface area (Å²) in [5.74, 6) is -1.85. The Morgan fingerprint density at radius 3 is 2.50 bits per heavy atom. The van der Waals surface area contributed by atoms with Crippen LogP contribution in [0.1, 0.15) is 15.9 Å². The van der Waals surface area contributed by atoms with Crippen LogP contribution in [0.2, 0.25) is 0 Å². The minimum Gasteiger partial charge on any atom is -0.465 e. The number of hydrogen-bond acceptors (Lipinski definition) is 4. The van der Waals surface area contributed by atoms with Crippen LogP contribution in [-0.2, 0) is 4.74 Å². The van der Waals surface area contributed by atoms with Gasteiger partial charge in [-0.3, -0.25) is 0 Å². The van der Waals surface area contributed by atoms with Crippen molar-refractivity contribution in [3.63, 3.8) is 0 Å². The lowest BCUT2D eigenvalue weighted by Crippen LogP contribution is -2.21. The van der Waals surface area contributed by atoms with Crippen molar-refractivity contribution < 1.29 is 27.4 Å². The number of rotatable bonds is 2. The van der Waals surface area contributed by atoms with Crippen molar-refractivity contribution in [2.75, 3.05) is 7.11 Å². The van der Waals surface area contributed by atoms with Crippen molar-refractivity contribution in [3.05, 3.63) is 26.8 Å². The smallest absolute Gasteiger partial charge is 0.465 e. The van der Waals surface area contributed by atoms with Crippen molar-refractivity contribution in [2.45, 2.75) is 6.36 Å². The molecule has 1 aromatic rings. The number of methoxy groups -OCH3 is 1. The van der Waals surface area contributed by atoms with Gasteiger partial charge in [-0.05, 0) is 34.7 Å². The van der Waals surface area contributed by atoms with Crippen molar-refractivity contribution in [1.82, 2.24) is 0 Å². The predicted octanol–water partition coefficient (Wildman–Crippen LogP) is 2.85. The first-order chi connectivity index (χ1) is 8.30.